The number of hydrogen-bond donors (Lipinski definition) is 1. The van der Waals surface area contributed by atoms with Gasteiger partial charge in [-0.3, -0.25) is 0 Å². The minimum Gasteiger partial charge on any atom is -0.345 e. The fourth-order valence-electron chi connectivity index (χ4n) is 2.12. The number of nitrogens with two attached hydrogens (primary N) is 1. The standard InChI is InChI=1S/C13H13ClFN5/c1-19-6-18-13-11(12(19)16)17-7-20(13)5-8-9(14)3-2-4-10(8)15/h2-4,6-7,12H,5,16H2,1H3. The van der Waals surface area contributed by atoms with Gasteiger partial charge in [0, 0.05) is 17.6 Å². The Morgan fingerprint density at radius 2 is 2.25 bits per heavy atom. The molecule has 0 aliphatic carbocycles. The average molecular weight is 294 g/mol. The van der Waals surface area contributed by atoms with Crippen molar-refractivity contribution in [2.75, 3.05) is 7.05 Å². The molecule has 1 aromatic heterocycles. The molecule has 2 heterocycles. The van der Waals surface area contributed by atoms with Crippen LogP contribution in [0.4, 0.5) is 10.2 Å². The first-order chi connectivity index (χ1) is 9.58. The lowest BCUT2D eigenvalue weighted by molar-refractivity contribution is 0.383. The molecular formula is C13H13ClFN5. The van der Waals surface area contributed by atoms with Gasteiger partial charge in [-0.1, -0.05) is 17.7 Å². The molecule has 0 amide bonds. The highest BCUT2D eigenvalue weighted by atomic mass is 35.5. The molecule has 0 bridgehead atoms. The molecule has 1 atom stereocenters. The van der Waals surface area contributed by atoms with E-state index in [9.17, 15) is 4.39 Å². The molecule has 0 saturated heterocycles. The first-order valence-corrected chi connectivity index (χ1v) is 6.45. The third-order valence-corrected chi connectivity index (χ3v) is 3.66. The van der Waals surface area contributed by atoms with Crippen LogP contribution in [0, 0.1) is 5.82 Å². The van der Waals surface area contributed by atoms with Crippen molar-refractivity contribution in [3.05, 3.63) is 46.6 Å². The third-order valence-electron chi connectivity index (χ3n) is 3.31. The molecule has 1 unspecified atom stereocenters. The highest BCUT2D eigenvalue weighted by Crippen LogP contribution is 2.30. The van der Waals surface area contributed by atoms with E-state index in [0.29, 0.717) is 22.1 Å². The Labute approximate surface area is 120 Å². The summed E-state index contributed by atoms with van der Waals surface area (Å²) >= 11 is 6.04. The number of benzene rings is 1. The van der Waals surface area contributed by atoms with Crippen LogP contribution < -0.4 is 5.73 Å². The Bertz CT molecular complexity index is 661. The SMILES string of the molecule is CN1C=Nc2c(ncn2Cc2c(F)cccc2Cl)C1N. The Kier molecular flexibility index (Phi) is 3.19. The molecule has 1 aliphatic heterocycles. The van der Waals surface area contributed by atoms with Gasteiger partial charge in [0.05, 0.1) is 19.2 Å². The van der Waals surface area contributed by atoms with Crippen LogP contribution in [0.5, 0.6) is 0 Å². The first kappa shape index (κ1) is 13.1. The molecule has 5 nitrogen and oxygen atoms in total. The molecule has 104 valence electrons. The highest BCUT2D eigenvalue weighted by Gasteiger charge is 2.23. The lowest BCUT2D eigenvalue weighted by Gasteiger charge is -2.24. The van der Waals surface area contributed by atoms with Gasteiger partial charge in [0.25, 0.3) is 0 Å². The zero-order valence-corrected chi connectivity index (χ0v) is 11.5. The predicted molar refractivity (Wildman–Crippen MR) is 75.6 cm³/mol. The highest BCUT2D eigenvalue weighted by molar-refractivity contribution is 6.31. The van der Waals surface area contributed by atoms with Gasteiger partial charge in [0.2, 0.25) is 0 Å². The molecule has 2 N–H and O–H groups in total. The second kappa shape index (κ2) is 4.88. The van der Waals surface area contributed by atoms with Crippen molar-refractivity contribution in [2.24, 2.45) is 10.7 Å². The van der Waals surface area contributed by atoms with E-state index in [1.807, 2.05) is 7.05 Å². The summed E-state index contributed by atoms with van der Waals surface area (Å²) in [6, 6.07) is 4.62. The summed E-state index contributed by atoms with van der Waals surface area (Å²) in [6.45, 7) is 0.265. The van der Waals surface area contributed by atoms with E-state index in [-0.39, 0.29) is 18.5 Å². The fraction of sp³-hybridized carbons (Fsp3) is 0.231. The lowest BCUT2D eigenvalue weighted by atomic mass is 10.2. The molecule has 3 rings (SSSR count). The topological polar surface area (TPSA) is 59.4 Å². The summed E-state index contributed by atoms with van der Waals surface area (Å²) in [5.41, 5.74) is 7.10. The largest absolute Gasteiger partial charge is 0.345 e. The zero-order valence-electron chi connectivity index (χ0n) is 10.8. The maximum atomic E-state index is 13.8. The molecular weight excluding hydrogens is 281 g/mol. The minimum absolute atomic E-state index is 0.265. The van der Waals surface area contributed by atoms with E-state index in [2.05, 4.69) is 9.98 Å². The minimum atomic E-state index is -0.347. The van der Waals surface area contributed by atoms with Crippen LogP contribution in [0.15, 0.2) is 29.5 Å². The molecule has 0 spiro atoms. The summed E-state index contributed by atoms with van der Waals surface area (Å²) < 4.78 is 15.6. The van der Waals surface area contributed by atoms with Gasteiger partial charge in [-0.05, 0) is 12.1 Å². The second-order valence-corrected chi connectivity index (χ2v) is 5.04. The Morgan fingerprint density at radius 1 is 1.45 bits per heavy atom. The van der Waals surface area contributed by atoms with E-state index in [1.165, 1.54) is 6.07 Å². The molecule has 1 aliphatic rings. The first-order valence-electron chi connectivity index (χ1n) is 6.07. The van der Waals surface area contributed by atoms with Gasteiger partial charge < -0.3 is 15.2 Å². The Morgan fingerprint density at radius 3 is 3.00 bits per heavy atom. The van der Waals surface area contributed by atoms with Crippen molar-refractivity contribution in [2.45, 2.75) is 12.7 Å². The molecule has 1 aromatic carbocycles. The number of halogens is 2. The maximum Gasteiger partial charge on any atom is 0.161 e. The van der Waals surface area contributed by atoms with Crippen molar-refractivity contribution in [1.29, 1.82) is 0 Å². The molecule has 2 aromatic rings. The van der Waals surface area contributed by atoms with Gasteiger partial charge in [-0.15, -0.1) is 0 Å². The normalized spacial score (nSPS) is 17.4. The Balaban J connectivity index is 1.99. The van der Waals surface area contributed by atoms with Crippen LogP contribution in [0.2, 0.25) is 5.02 Å². The van der Waals surface area contributed by atoms with Gasteiger partial charge >= 0.3 is 0 Å². The molecule has 0 fully saturated rings. The summed E-state index contributed by atoms with van der Waals surface area (Å²) in [7, 11) is 1.82. The van der Waals surface area contributed by atoms with Crippen molar-refractivity contribution in [3.8, 4) is 0 Å². The van der Waals surface area contributed by atoms with Crippen LogP contribution in [0.3, 0.4) is 0 Å². The Hall–Kier alpha value is -1.92. The van der Waals surface area contributed by atoms with Crippen LogP contribution >= 0.6 is 11.6 Å². The predicted octanol–water partition coefficient (Wildman–Crippen LogP) is 2.29. The number of imidazole rings is 1. The van der Waals surface area contributed by atoms with Crippen molar-refractivity contribution in [3.63, 3.8) is 0 Å². The van der Waals surface area contributed by atoms with E-state index < -0.39 is 0 Å². The van der Waals surface area contributed by atoms with Crippen LogP contribution in [-0.4, -0.2) is 27.8 Å². The van der Waals surface area contributed by atoms with Crippen molar-refractivity contribution in [1.82, 2.24) is 14.5 Å². The summed E-state index contributed by atoms with van der Waals surface area (Å²) in [4.78, 5) is 10.3. The monoisotopic (exact) mass is 293 g/mol. The zero-order chi connectivity index (χ0) is 14.3. The number of hydrogen-bond acceptors (Lipinski definition) is 4. The molecule has 20 heavy (non-hydrogen) atoms. The summed E-state index contributed by atoms with van der Waals surface area (Å²) in [5, 5.41) is 0.383. The third kappa shape index (κ3) is 2.07. The lowest BCUT2D eigenvalue weighted by Crippen LogP contribution is -2.32. The number of aliphatic imine (C=N–C) groups is 1. The van der Waals surface area contributed by atoms with E-state index in [4.69, 9.17) is 17.3 Å². The fourth-order valence-corrected chi connectivity index (χ4v) is 2.34. The summed E-state index contributed by atoms with van der Waals surface area (Å²) in [5.74, 6) is 0.288. The quantitative estimate of drug-likeness (QED) is 0.924. The summed E-state index contributed by atoms with van der Waals surface area (Å²) in [6.07, 6.45) is 2.89. The number of nitrogens with zero attached hydrogens (tertiary/aromatic N) is 4. The van der Waals surface area contributed by atoms with Gasteiger partial charge in [0.1, 0.15) is 17.7 Å². The van der Waals surface area contributed by atoms with Gasteiger partial charge in [-0.2, -0.15) is 0 Å². The van der Waals surface area contributed by atoms with Crippen LogP contribution in [0.25, 0.3) is 0 Å². The molecule has 0 radical (unpaired) electrons. The number of rotatable bonds is 2. The number of aromatic nitrogens is 2. The molecule has 0 saturated carbocycles. The average Bonchev–Trinajstić information content (AvgIpc) is 2.82. The van der Waals surface area contributed by atoms with E-state index in [1.54, 1.807) is 34.3 Å². The maximum absolute atomic E-state index is 13.8. The van der Waals surface area contributed by atoms with E-state index in [0.717, 1.165) is 0 Å². The molecule has 7 heteroatoms. The van der Waals surface area contributed by atoms with Crippen molar-refractivity contribution < 1.29 is 4.39 Å². The van der Waals surface area contributed by atoms with Crippen molar-refractivity contribution >= 4 is 23.8 Å². The van der Waals surface area contributed by atoms with E-state index >= 15 is 0 Å². The smallest absolute Gasteiger partial charge is 0.161 e. The van der Waals surface area contributed by atoms with Crippen LogP contribution in [0.1, 0.15) is 17.4 Å². The number of fused-ring (bicyclic) bond motifs is 1. The van der Waals surface area contributed by atoms with Crippen LogP contribution in [-0.2, 0) is 6.54 Å². The van der Waals surface area contributed by atoms with Gasteiger partial charge in [0.15, 0.2) is 5.82 Å². The second-order valence-electron chi connectivity index (χ2n) is 4.64. The van der Waals surface area contributed by atoms with Gasteiger partial charge in [-0.25, -0.2) is 14.4 Å².